The molecule has 0 bridgehead atoms. The molecule has 0 saturated carbocycles. The van der Waals surface area contributed by atoms with Gasteiger partial charge in [-0.2, -0.15) is 0 Å². The number of anilines is 1. The summed E-state index contributed by atoms with van der Waals surface area (Å²) in [5.41, 5.74) is 3.92. The van der Waals surface area contributed by atoms with Gasteiger partial charge >= 0.3 is 0 Å². The van der Waals surface area contributed by atoms with Gasteiger partial charge in [0.05, 0.1) is 11.2 Å². The van der Waals surface area contributed by atoms with Crippen LogP contribution in [0.2, 0.25) is 0 Å². The van der Waals surface area contributed by atoms with Gasteiger partial charge in [-0.05, 0) is 30.7 Å². The predicted octanol–water partition coefficient (Wildman–Crippen LogP) is 3.53. The number of nitrogens with zero attached hydrogens (tertiary/aromatic N) is 1. The van der Waals surface area contributed by atoms with Crippen LogP contribution in [0.4, 0.5) is 14.5 Å². The van der Waals surface area contributed by atoms with Crippen LogP contribution in [0.5, 0.6) is 0 Å². The van der Waals surface area contributed by atoms with Gasteiger partial charge in [-0.25, -0.2) is 13.8 Å². The van der Waals surface area contributed by atoms with Gasteiger partial charge in [0.25, 0.3) is 6.43 Å². The van der Waals surface area contributed by atoms with Crippen LogP contribution in [0.1, 0.15) is 17.7 Å². The van der Waals surface area contributed by atoms with Crippen LogP contribution < -0.4 is 11.3 Å². The number of nitrogens with two attached hydrogens (primary N) is 1. The van der Waals surface area contributed by atoms with Crippen LogP contribution in [0.15, 0.2) is 22.7 Å². The zero-order valence-electron chi connectivity index (χ0n) is 8.97. The third-order valence-electron chi connectivity index (χ3n) is 2.47. The number of rotatable bonds is 2. The highest BCUT2D eigenvalue weighted by molar-refractivity contribution is 9.10. The maximum Gasteiger partial charge on any atom is 0.280 e. The zero-order valence-corrected chi connectivity index (χ0v) is 10.6. The number of nitrogen functional groups attached to an aromatic ring is 1. The smallest absolute Gasteiger partial charge is 0.280 e. The number of aryl methyl sites for hydroxylation is 1. The van der Waals surface area contributed by atoms with Crippen molar-refractivity contribution in [3.8, 4) is 0 Å². The zero-order chi connectivity index (χ0) is 12.6. The van der Waals surface area contributed by atoms with Crippen LogP contribution in [0.3, 0.4) is 0 Å². The summed E-state index contributed by atoms with van der Waals surface area (Å²) in [6.07, 6.45) is -2.62. The molecule has 0 saturated heterocycles. The maximum absolute atomic E-state index is 12.7. The minimum atomic E-state index is -2.62. The Morgan fingerprint density at radius 2 is 2.06 bits per heavy atom. The Morgan fingerprint density at radius 1 is 1.35 bits per heavy atom. The number of aromatic nitrogens is 1. The largest absolute Gasteiger partial charge is 0.323 e. The first-order valence-corrected chi connectivity index (χ1v) is 5.68. The van der Waals surface area contributed by atoms with Crippen molar-refractivity contribution in [2.24, 2.45) is 5.84 Å². The third kappa shape index (κ3) is 2.23. The Balaban J connectivity index is 2.82. The third-order valence-corrected chi connectivity index (χ3v) is 2.93. The summed E-state index contributed by atoms with van der Waals surface area (Å²) >= 11 is 3.35. The molecule has 0 aliphatic heterocycles. The van der Waals surface area contributed by atoms with Gasteiger partial charge in [-0.1, -0.05) is 15.9 Å². The molecule has 0 atom stereocenters. The minimum absolute atomic E-state index is 0.282. The summed E-state index contributed by atoms with van der Waals surface area (Å²) in [4.78, 5) is 3.96. The average molecular weight is 302 g/mol. The van der Waals surface area contributed by atoms with Gasteiger partial charge in [-0.3, -0.25) is 5.84 Å². The molecule has 1 aromatic carbocycles. The fraction of sp³-hybridized carbons (Fsp3) is 0.182. The molecule has 2 aromatic rings. The number of fused-ring (bicyclic) bond motifs is 1. The molecule has 0 radical (unpaired) electrons. The van der Waals surface area contributed by atoms with E-state index >= 15 is 0 Å². The van der Waals surface area contributed by atoms with Crippen LogP contribution in [-0.4, -0.2) is 4.98 Å². The Labute approximate surface area is 105 Å². The standard InChI is InChI=1S/C11H10BrF2N3/c1-5-2-6(12)3-7-8(17-15)4-9(11(13)14)16-10(5)7/h2-4,11H,15H2,1H3,(H,16,17). The number of pyridine rings is 1. The molecule has 0 fully saturated rings. The van der Waals surface area contributed by atoms with Crippen LogP contribution in [0.25, 0.3) is 10.9 Å². The van der Waals surface area contributed by atoms with Crippen molar-refractivity contribution in [2.45, 2.75) is 13.3 Å². The molecule has 90 valence electrons. The number of benzene rings is 1. The van der Waals surface area contributed by atoms with Crippen molar-refractivity contribution in [3.63, 3.8) is 0 Å². The van der Waals surface area contributed by atoms with Crippen molar-refractivity contribution >= 4 is 32.5 Å². The lowest BCUT2D eigenvalue weighted by atomic mass is 10.1. The summed E-state index contributed by atoms with van der Waals surface area (Å²) in [6, 6.07) is 4.88. The number of alkyl halides is 2. The van der Waals surface area contributed by atoms with Crippen molar-refractivity contribution in [1.82, 2.24) is 4.98 Å². The van der Waals surface area contributed by atoms with E-state index < -0.39 is 6.43 Å². The van der Waals surface area contributed by atoms with E-state index in [0.29, 0.717) is 16.6 Å². The second-order valence-electron chi connectivity index (χ2n) is 3.66. The first-order valence-electron chi connectivity index (χ1n) is 4.88. The van der Waals surface area contributed by atoms with Crippen molar-refractivity contribution in [3.05, 3.63) is 33.9 Å². The van der Waals surface area contributed by atoms with Crippen LogP contribution in [0, 0.1) is 6.92 Å². The molecule has 0 aliphatic carbocycles. The van der Waals surface area contributed by atoms with Gasteiger partial charge in [-0.15, -0.1) is 0 Å². The molecular weight excluding hydrogens is 292 g/mol. The van der Waals surface area contributed by atoms with E-state index in [1.807, 2.05) is 13.0 Å². The SMILES string of the molecule is Cc1cc(Br)cc2c(NN)cc(C(F)F)nc12. The maximum atomic E-state index is 12.7. The molecule has 3 N–H and O–H groups in total. The van der Waals surface area contributed by atoms with Crippen molar-refractivity contribution < 1.29 is 8.78 Å². The van der Waals surface area contributed by atoms with Gasteiger partial charge in [0.1, 0.15) is 5.69 Å². The molecule has 1 aromatic heterocycles. The average Bonchev–Trinajstić information content (AvgIpc) is 2.27. The van der Waals surface area contributed by atoms with E-state index in [2.05, 4.69) is 26.3 Å². The number of hydrazine groups is 1. The Morgan fingerprint density at radius 3 is 2.65 bits per heavy atom. The summed E-state index contributed by atoms with van der Waals surface area (Å²) in [5, 5.41) is 0.712. The van der Waals surface area contributed by atoms with Gasteiger partial charge in [0, 0.05) is 9.86 Å². The summed E-state index contributed by atoms with van der Waals surface area (Å²) in [6.45, 7) is 1.82. The normalized spacial score (nSPS) is 11.2. The lowest BCUT2D eigenvalue weighted by Crippen LogP contribution is -2.09. The molecule has 2 rings (SSSR count). The predicted molar refractivity (Wildman–Crippen MR) is 66.9 cm³/mol. The molecule has 6 heteroatoms. The van der Waals surface area contributed by atoms with E-state index in [4.69, 9.17) is 5.84 Å². The monoisotopic (exact) mass is 301 g/mol. The molecule has 0 unspecified atom stereocenters. The lowest BCUT2D eigenvalue weighted by Gasteiger charge is -2.10. The van der Waals surface area contributed by atoms with Gasteiger partial charge in [0.2, 0.25) is 0 Å². The highest BCUT2D eigenvalue weighted by atomic mass is 79.9. The Kier molecular flexibility index (Phi) is 3.26. The molecule has 3 nitrogen and oxygen atoms in total. The summed E-state index contributed by atoms with van der Waals surface area (Å²) < 4.78 is 26.2. The molecule has 1 heterocycles. The fourth-order valence-electron chi connectivity index (χ4n) is 1.71. The number of hydrogen-bond donors (Lipinski definition) is 2. The van der Waals surface area contributed by atoms with Crippen LogP contribution >= 0.6 is 15.9 Å². The summed E-state index contributed by atoms with van der Waals surface area (Å²) in [5.74, 6) is 5.35. The van der Waals surface area contributed by atoms with E-state index in [1.54, 1.807) is 6.07 Å². The molecule has 0 aliphatic rings. The van der Waals surface area contributed by atoms with Crippen molar-refractivity contribution in [2.75, 3.05) is 5.43 Å². The molecule has 17 heavy (non-hydrogen) atoms. The lowest BCUT2D eigenvalue weighted by molar-refractivity contribution is 0.146. The number of nitrogens with one attached hydrogen (secondary N) is 1. The molecule has 0 amide bonds. The van der Waals surface area contributed by atoms with Gasteiger partial charge < -0.3 is 5.43 Å². The second-order valence-corrected chi connectivity index (χ2v) is 4.57. The molecule has 0 spiro atoms. The summed E-state index contributed by atoms with van der Waals surface area (Å²) in [7, 11) is 0. The fourth-order valence-corrected chi connectivity index (χ4v) is 2.28. The highest BCUT2D eigenvalue weighted by Gasteiger charge is 2.14. The van der Waals surface area contributed by atoms with Crippen LogP contribution in [-0.2, 0) is 0 Å². The quantitative estimate of drug-likeness (QED) is 0.659. The molecular formula is C11H10BrF2N3. The number of hydrogen-bond acceptors (Lipinski definition) is 3. The van der Waals surface area contributed by atoms with E-state index in [-0.39, 0.29) is 5.69 Å². The van der Waals surface area contributed by atoms with Crippen molar-refractivity contribution in [1.29, 1.82) is 0 Å². The van der Waals surface area contributed by atoms with Gasteiger partial charge in [0.15, 0.2) is 0 Å². The second kappa shape index (κ2) is 4.54. The first kappa shape index (κ1) is 12.2. The first-order chi connectivity index (χ1) is 8.02. The highest BCUT2D eigenvalue weighted by Crippen LogP contribution is 2.31. The van der Waals surface area contributed by atoms with E-state index in [9.17, 15) is 8.78 Å². The van der Waals surface area contributed by atoms with E-state index in [0.717, 1.165) is 10.0 Å². The number of halogens is 3. The van der Waals surface area contributed by atoms with E-state index in [1.165, 1.54) is 6.07 Å². The Bertz CT molecular complexity index is 572. The Hall–Kier alpha value is -1.27. The minimum Gasteiger partial charge on any atom is -0.323 e. The topological polar surface area (TPSA) is 50.9 Å².